The lowest BCUT2D eigenvalue weighted by atomic mass is 9.88. The summed E-state index contributed by atoms with van der Waals surface area (Å²) in [5.41, 5.74) is 9.87. The minimum absolute atomic E-state index is 0.370. The second-order valence-corrected chi connectivity index (χ2v) is 11.5. The van der Waals surface area contributed by atoms with E-state index in [0.29, 0.717) is 9.13 Å². The molecule has 0 aliphatic carbocycles. The number of aromatic nitrogens is 4. The molecule has 0 atom stereocenters. The fourth-order valence-electron chi connectivity index (χ4n) is 3.91. The second-order valence-electron chi connectivity index (χ2n) is 11.5. The maximum absolute atomic E-state index is 13.5. The molecule has 0 unspecified atom stereocenters. The molecule has 0 bridgehead atoms. The number of aliphatic hydroxyl groups excluding tert-OH is 1. The normalized spacial score (nSPS) is 11.2. The number of fused-ring (bicyclic) bond motifs is 1. The van der Waals surface area contributed by atoms with E-state index in [4.69, 9.17) is 15.0 Å². The first-order valence-electron chi connectivity index (χ1n) is 13.3. The fourth-order valence-corrected chi connectivity index (χ4v) is 3.91. The summed E-state index contributed by atoms with van der Waals surface area (Å²) in [5.74, 6) is -4.39. The van der Waals surface area contributed by atoms with E-state index in [0.717, 1.165) is 9.13 Å². The number of carbonyl (C=O) groups excluding carboxylic acids is 4. The molecule has 19 heteroatoms. The van der Waals surface area contributed by atoms with Crippen LogP contribution in [0, 0.1) is 22.3 Å². The molecule has 45 heavy (non-hydrogen) atoms. The summed E-state index contributed by atoms with van der Waals surface area (Å²) >= 11 is 0. The maximum Gasteiger partial charge on any atom is 0.442 e. The van der Waals surface area contributed by atoms with Gasteiger partial charge >= 0.3 is 34.7 Å². The number of esters is 2. The number of ketones is 2. The van der Waals surface area contributed by atoms with Gasteiger partial charge < -0.3 is 25.6 Å². The van der Waals surface area contributed by atoms with Crippen LogP contribution < -0.4 is 16.9 Å². The van der Waals surface area contributed by atoms with Crippen LogP contribution in [0.2, 0.25) is 0 Å². The average molecular weight is 630 g/mol. The van der Waals surface area contributed by atoms with Gasteiger partial charge in [-0.05, 0) is 0 Å². The van der Waals surface area contributed by atoms with Crippen LogP contribution in [0.5, 0.6) is 0 Å². The highest BCUT2D eigenvalue weighted by atomic mass is 16.5. The van der Waals surface area contributed by atoms with E-state index in [1.54, 1.807) is 0 Å². The van der Waals surface area contributed by atoms with Crippen molar-refractivity contribution in [3.63, 3.8) is 0 Å². The highest BCUT2D eigenvalue weighted by Crippen LogP contribution is 2.16. The van der Waals surface area contributed by atoms with Gasteiger partial charge in [-0.1, -0.05) is 41.5 Å². The molecule has 240 valence electrons. The van der Waals surface area contributed by atoms with Gasteiger partial charge in [0.1, 0.15) is 13.2 Å². The molecule has 0 amide bonds. The van der Waals surface area contributed by atoms with Crippen molar-refractivity contribution < 1.29 is 43.3 Å². The van der Waals surface area contributed by atoms with Crippen molar-refractivity contribution in [3.05, 3.63) is 42.4 Å². The fraction of sp³-hybridized carbons (Fsp3) is 0.538. The zero-order valence-electron chi connectivity index (χ0n) is 25.4. The summed E-state index contributed by atoms with van der Waals surface area (Å²) in [7, 11) is 0. The van der Waals surface area contributed by atoms with Crippen LogP contribution in [-0.2, 0) is 48.3 Å². The zero-order valence-corrected chi connectivity index (χ0v) is 25.4. The Morgan fingerprint density at radius 2 is 1.20 bits per heavy atom. The van der Waals surface area contributed by atoms with Crippen LogP contribution >= 0.6 is 0 Å². The third-order valence-electron chi connectivity index (χ3n) is 6.18. The summed E-state index contributed by atoms with van der Waals surface area (Å²) in [6.45, 7) is 5.04. The minimum Gasteiger partial charge on any atom is -0.455 e. The number of carbonyl (C=O) groups is 4. The number of nitrogens with zero attached hydrogens (tertiary/aromatic N) is 9. The molecular formula is C26H31N9O10. The Hall–Kier alpha value is -5.56. The second kappa shape index (κ2) is 13.8. The van der Waals surface area contributed by atoms with E-state index >= 15 is 0 Å². The van der Waals surface area contributed by atoms with E-state index in [9.17, 15) is 49.5 Å². The number of hydrogen-bond acceptors (Lipinski definition) is 11. The number of aliphatic hydroxyl groups is 1. The Morgan fingerprint density at radius 1 is 0.778 bits per heavy atom. The van der Waals surface area contributed by atoms with Crippen LogP contribution in [0.1, 0.15) is 41.5 Å². The monoisotopic (exact) mass is 629 g/mol. The molecule has 2 aromatic rings. The van der Waals surface area contributed by atoms with E-state index in [-0.39, 0.29) is 0 Å². The molecule has 0 fully saturated rings. The molecule has 2 heterocycles. The summed E-state index contributed by atoms with van der Waals surface area (Å²) in [6.07, 6.45) is 1.52. The molecular weight excluding hydrogens is 598 g/mol. The van der Waals surface area contributed by atoms with Gasteiger partial charge in [0.05, 0.1) is 26.2 Å². The van der Waals surface area contributed by atoms with E-state index in [2.05, 4.69) is 9.58 Å². The van der Waals surface area contributed by atoms with Crippen molar-refractivity contribution in [1.29, 1.82) is 5.26 Å². The summed E-state index contributed by atoms with van der Waals surface area (Å²) < 4.78 is 12.4. The maximum atomic E-state index is 13.5. The summed E-state index contributed by atoms with van der Waals surface area (Å²) in [4.78, 5) is 94.8. The van der Waals surface area contributed by atoms with Crippen molar-refractivity contribution in [2.75, 3.05) is 19.8 Å². The first-order valence-corrected chi connectivity index (χ1v) is 13.3. The number of nitriles is 1. The molecule has 0 aliphatic rings. The van der Waals surface area contributed by atoms with Gasteiger partial charge in [-0.15, -0.1) is 0 Å². The van der Waals surface area contributed by atoms with Crippen molar-refractivity contribution in [2.45, 2.75) is 61.2 Å². The van der Waals surface area contributed by atoms with E-state index in [1.165, 1.54) is 47.7 Å². The minimum atomic E-state index is -1.35. The standard InChI is InChI=1S/C26H31N9O10/c1-25(2,3)17(37)14(30-28)21(40)44-11-8-33-19-16(35(13-27)24(43)32(19)7-10-36)20(39)34(23(33)42)9-12-45-22(41)15(31-29)18(38)26(4,5)6/h36H,7-12H2,1-6H3. The van der Waals surface area contributed by atoms with Crippen molar-refractivity contribution in [3.8, 4) is 6.19 Å². The van der Waals surface area contributed by atoms with Gasteiger partial charge in [0.25, 0.3) is 17.1 Å². The Balaban J connectivity index is 2.57. The first kappa shape index (κ1) is 35.6. The van der Waals surface area contributed by atoms with Gasteiger partial charge in [0, 0.05) is 10.8 Å². The van der Waals surface area contributed by atoms with Crippen molar-refractivity contribution >= 4 is 46.1 Å². The number of rotatable bonds is 12. The predicted octanol–water partition coefficient (Wildman–Crippen LogP) is -1.89. The molecule has 0 spiro atoms. The smallest absolute Gasteiger partial charge is 0.442 e. The SMILES string of the molecule is CC(C)(C)C(=O)C(=[N+]=[N-])C(=O)OCCn1c(=O)c2c(n(CCOC(=O)C(=[N+]=[N-])C(=O)C(C)(C)C)c1=O)n(CCO)c(=O)n2C#N. The summed E-state index contributed by atoms with van der Waals surface area (Å²) in [6, 6.07) is 0. The number of ether oxygens (including phenoxy) is 2. The van der Waals surface area contributed by atoms with Crippen LogP contribution in [0.4, 0.5) is 0 Å². The Morgan fingerprint density at radius 3 is 1.58 bits per heavy atom. The summed E-state index contributed by atoms with van der Waals surface area (Å²) in [5, 5.41) is 19.1. The quantitative estimate of drug-likeness (QED) is 0.0890. The van der Waals surface area contributed by atoms with E-state index < -0.39 is 113 Å². The Labute approximate surface area is 253 Å². The largest absolute Gasteiger partial charge is 0.455 e. The lowest BCUT2D eigenvalue weighted by Gasteiger charge is -2.15. The highest BCUT2D eigenvalue weighted by molar-refractivity contribution is 6.63. The molecule has 2 aromatic heterocycles. The van der Waals surface area contributed by atoms with Gasteiger partial charge in [-0.25, -0.2) is 19.2 Å². The Bertz CT molecular complexity index is 1890. The lowest BCUT2D eigenvalue weighted by molar-refractivity contribution is -0.144. The average Bonchev–Trinajstić information content (AvgIpc) is 3.23. The molecule has 0 aliphatic heterocycles. The van der Waals surface area contributed by atoms with Gasteiger partial charge in [-0.2, -0.15) is 19.4 Å². The van der Waals surface area contributed by atoms with Gasteiger partial charge in [0.2, 0.25) is 0 Å². The zero-order chi connectivity index (χ0) is 34.4. The third kappa shape index (κ3) is 7.33. The van der Waals surface area contributed by atoms with Crippen LogP contribution in [-0.4, -0.2) is 87.7 Å². The predicted molar refractivity (Wildman–Crippen MR) is 151 cm³/mol. The molecule has 1 N–H and O–H groups in total. The topological polar surface area (TPSA) is 274 Å². The van der Waals surface area contributed by atoms with Gasteiger partial charge in [0.15, 0.2) is 17.4 Å². The van der Waals surface area contributed by atoms with Crippen molar-refractivity contribution in [2.24, 2.45) is 10.8 Å². The van der Waals surface area contributed by atoms with Crippen LogP contribution in [0.25, 0.3) is 22.2 Å². The Kier molecular flexibility index (Phi) is 10.9. The molecule has 0 saturated heterocycles. The number of hydrogen-bond donors (Lipinski definition) is 1. The van der Waals surface area contributed by atoms with Crippen LogP contribution in [0.15, 0.2) is 14.4 Å². The lowest BCUT2D eigenvalue weighted by Crippen LogP contribution is -2.43. The molecule has 2 rings (SSSR count). The molecule has 0 aromatic carbocycles. The number of imidazole rings is 1. The first-order chi connectivity index (χ1) is 20.9. The van der Waals surface area contributed by atoms with Crippen molar-refractivity contribution in [1.82, 2.24) is 18.3 Å². The molecule has 0 saturated carbocycles. The van der Waals surface area contributed by atoms with E-state index in [1.807, 2.05) is 0 Å². The van der Waals surface area contributed by atoms with Crippen LogP contribution in [0.3, 0.4) is 0 Å². The van der Waals surface area contributed by atoms with Gasteiger partial charge in [-0.3, -0.25) is 28.1 Å². The highest BCUT2D eigenvalue weighted by Gasteiger charge is 2.40. The number of Topliss-reactive ketones (excluding diaryl/α,β-unsaturated/α-hetero) is 2. The molecule has 19 nitrogen and oxygen atoms in total. The molecule has 0 radical (unpaired) electrons. The third-order valence-corrected chi connectivity index (χ3v) is 6.18.